The summed E-state index contributed by atoms with van der Waals surface area (Å²) in [5, 5.41) is 3.02. The molecular weight excluding hydrogens is 378 g/mol. The normalized spacial score (nSPS) is 12.0. The van der Waals surface area contributed by atoms with Gasteiger partial charge in [0.2, 0.25) is 5.91 Å². The van der Waals surface area contributed by atoms with Crippen molar-refractivity contribution in [3.8, 4) is 0 Å². The second kappa shape index (κ2) is 20.9. The van der Waals surface area contributed by atoms with Gasteiger partial charge in [0, 0.05) is 13.0 Å². The highest BCUT2D eigenvalue weighted by molar-refractivity contribution is 5.75. The van der Waals surface area contributed by atoms with E-state index in [-0.39, 0.29) is 5.91 Å². The average molecular weight is 422 g/mol. The maximum Gasteiger partial charge on any atom is 0.220 e. The number of benzene rings is 1. The standard InChI is InChI=1S/C29H43NO/c1-2-3-4-5-6-7-8-9-10-11-12-13-14-15-16-17-21-26-29(31)30-27-22-25-28-23-19-18-20-24-28/h6-7,9-10,12-13,15-16,18-20,23-24H,2-5,8,11,14,17,21-22,25-27H2,1H3,(H,30,31)/b7-6-,10-9-,13-12-,16-15-. The number of unbranched alkanes of at least 4 members (excludes halogenated alkanes) is 4. The van der Waals surface area contributed by atoms with Crippen LogP contribution >= 0.6 is 0 Å². The smallest absolute Gasteiger partial charge is 0.220 e. The van der Waals surface area contributed by atoms with E-state index in [0.29, 0.717) is 6.42 Å². The fraction of sp³-hybridized carbons (Fsp3) is 0.483. The van der Waals surface area contributed by atoms with Crippen LogP contribution in [0.5, 0.6) is 0 Å². The van der Waals surface area contributed by atoms with Crippen LogP contribution < -0.4 is 5.32 Å². The van der Waals surface area contributed by atoms with E-state index in [1.165, 1.54) is 31.2 Å². The molecule has 0 fully saturated rings. The van der Waals surface area contributed by atoms with Crippen molar-refractivity contribution in [1.82, 2.24) is 5.32 Å². The minimum absolute atomic E-state index is 0.170. The highest BCUT2D eigenvalue weighted by Gasteiger charge is 1.99. The zero-order chi connectivity index (χ0) is 22.2. The molecule has 0 unspecified atom stereocenters. The summed E-state index contributed by atoms with van der Waals surface area (Å²) < 4.78 is 0. The lowest BCUT2D eigenvalue weighted by Gasteiger charge is -2.04. The van der Waals surface area contributed by atoms with Gasteiger partial charge in [-0.2, -0.15) is 0 Å². The molecule has 31 heavy (non-hydrogen) atoms. The van der Waals surface area contributed by atoms with E-state index in [1.54, 1.807) is 0 Å². The molecule has 1 N–H and O–H groups in total. The third-order valence-electron chi connectivity index (χ3n) is 5.04. The van der Waals surface area contributed by atoms with Crippen molar-refractivity contribution < 1.29 is 4.79 Å². The van der Waals surface area contributed by atoms with Crippen LogP contribution in [0.4, 0.5) is 0 Å². The molecule has 170 valence electrons. The minimum Gasteiger partial charge on any atom is -0.356 e. The highest BCUT2D eigenvalue weighted by Crippen LogP contribution is 2.03. The Kier molecular flexibility index (Phi) is 18.0. The Morgan fingerprint density at radius 1 is 0.742 bits per heavy atom. The highest BCUT2D eigenvalue weighted by atomic mass is 16.1. The van der Waals surface area contributed by atoms with Gasteiger partial charge in [-0.15, -0.1) is 0 Å². The van der Waals surface area contributed by atoms with E-state index < -0.39 is 0 Å². The lowest BCUT2D eigenvalue weighted by Crippen LogP contribution is -2.24. The van der Waals surface area contributed by atoms with Gasteiger partial charge in [0.1, 0.15) is 0 Å². The Balaban J connectivity index is 1.90. The number of rotatable bonds is 18. The van der Waals surface area contributed by atoms with Gasteiger partial charge < -0.3 is 5.32 Å². The van der Waals surface area contributed by atoms with Gasteiger partial charge in [-0.05, 0) is 63.4 Å². The van der Waals surface area contributed by atoms with Crippen LogP contribution in [-0.2, 0) is 11.2 Å². The predicted octanol–water partition coefficient (Wildman–Crippen LogP) is 7.88. The van der Waals surface area contributed by atoms with Crippen molar-refractivity contribution in [3.05, 3.63) is 84.5 Å². The quantitative estimate of drug-likeness (QED) is 0.189. The van der Waals surface area contributed by atoms with E-state index in [4.69, 9.17) is 0 Å². The molecule has 0 bridgehead atoms. The summed E-state index contributed by atoms with van der Waals surface area (Å²) in [5.41, 5.74) is 1.33. The summed E-state index contributed by atoms with van der Waals surface area (Å²) >= 11 is 0. The maximum absolute atomic E-state index is 11.9. The van der Waals surface area contributed by atoms with Gasteiger partial charge in [-0.1, -0.05) is 98.7 Å². The van der Waals surface area contributed by atoms with Crippen LogP contribution in [-0.4, -0.2) is 12.5 Å². The van der Waals surface area contributed by atoms with Crippen molar-refractivity contribution in [2.45, 2.75) is 84.0 Å². The molecule has 0 atom stereocenters. The molecule has 0 radical (unpaired) electrons. The number of nitrogens with one attached hydrogen (secondary N) is 1. The lowest BCUT2D eigenvalue weighted by molar-refractivity contribution is -0.121. The van der Waals surface area contributed by atoms with Crippen molar-refractivity contribution in [3.63, 3.8) is 0 Å². The van der Waals surface area contributed by atoms with Gasteiger partial charge in [-0.25, -0.2) is 0 Å². The average Bonchev–Trinajstić information content (AvgIpc) is 2.79. The molecule has 0 saturated carbocycles. The second-order valence-electron chi connectivity index (χ2n) is 7.92. The molecule has 2 nitrogen and oxygen atoms in total. The Morgan fingerprint density at radius 2 is 1.32 bits per heavy atom. The summed E-state index contributed by atoms with van der Waals surface area (Å²) in [4.78, 5) is 11.9. The summed E-state index contributed by atoms with van der Waals surface area (Å²) in [6.07, 6.45) is 30.5. The van der Waals surface area contributed by atoms with Crippen molar-refractivity contribution in [2.75, 3.05) is 6.54 Å². The summed E-state index contributed by atoms with van der Waals surface area (Å²) in [5.74, 6) is 0.170. The molecule has 0 spiro atoms. The zero-order valence-electron chi connectivity index (χ0n) is 19.6. The predicted molar refractivity (Wildman–Crippen MR) is 136 cm³/mol. The van der Waals surface area contributed by atoms with Crippen molar-refractivity contribution in [2.24, 2.45) is 0 Å². The second-order valence-corrected chi connectivity index (χ2v) is 7.92. The van der Waals surface area contributed by atoms with Gasteiger partial charge in [0.15, 0.2) is 0 Å². The lowest BCUT2D eigenvalue weighted by atomic mass is 10.1. The summed E-state index contributed by atoms with van der Waals surface area (Å²) in [6.45, 7) is 3.00. The van der Waals surface area contributed by atoms with E-state index in [1.807, 2.05) is 6.07 Å². The molecule has 1 aromatic carbocycles. The molecular formula is C29H43NO. The van der Waals surface area contributed by atoms with Gasteiger partial charge >= 0.3 is 0 Å². The van der Waals surface area contributed by atoms with Crippen LogP contribution in [0.15, 0.2) is 78.9 Å². The van der Waals surface area contributed by atoms with Crippen LogP contribution in [0.25, 0.3) is 0 Å². The maximum atomic E-state index is 11.9. The van der Waals surface area contributed by atoms with Gasteiger partial charge in [0.25, 0.3) is 0 Å². The topological polar surface area (TPSA) is 29.1 Å². The first kappa shape index (κ1) is 26.7. The Hall–Kier alpha value is -2.35. The number of carbonyl (C=O) groups is 1. The summed E-state index contributed by atoms with van der Waals surface area (Å²) in [7, 11) is 0. The molecule has 1 rings (SSSR count). The molecule has 2 heteroatoms. The van der Waals surface area contributed by atoms with Gasteiger partial charge in [0.05, 0.1) is 0 Å². The zero-order valence-corrected chi connectivity index (χ0v) is 19.6. The SMILES string of the molecule is CCCCC/C=C\C/C=C\C/C=C\C/C=C\CCCC(=O)NCCCc1ccccc1. The summed E-state index contributed by atoms with van der Waals surface area (Å²) in [6, 6.07) is 10.4. The number of hydrogen-bond acceptors (Lipinski definition) is 1. The van der Waals surface area contributed by atoms with Crippen LogP contribution in [0.1, 0.15) is 83.1 Å². The molecule has 0 heterocycles. The monoisotopic (exact) mass is 421 g/mol. The number of allylic oxidation sites excluding steroid dienone is 8. The number of carbonyl (C=O) groups excluding carboxylic acids is 1. The Morgan fingerprint density at radius 3 is 1.94 bits per heavy atom. The molecule has 0 aliphatic carbocycles. The fourth-order valence-electron chi connectivity index (χ4n) is 3.19. The Bertz CT molecular complexity index is 655. The molecule has 0 aliphatic heterocycles. The fourth-order valence-corrected chi connectivity index (χ4v) is 3.19. The largest absolute Gasteiger partial charge is 0.356 e. The molecule has 0 aliphatic rings. The van der Waals surface area contributed by atoms with Crippen LogP contribution in [0.3, 0.4) is 0 Å². The van der Waals surface area contributed by atoms with Gasteiger partial charge in [-0.3, -0.25) is 4.79 Å². The third-order valence-corrected chi connectivity index (χ3v) is 5.04. The minimum atomic E-state index is 0.170. The van der Waals surface area contributed by atoms with Crippen LogP contribution in [0.2, 0.25) is 0 Å². The first-order valence-corrected chi connectivity index (χ1v) is 12.2. The third kappa shape index (κ3) is 18.2. The van der Waals surface area contributed by atoms with E-state index in [2.05, 4.69) is 85.1 Å². The van der Waals surface area contributed by atoms with E-state index >= 15 is 0 Å². The van der Waals surface area contributed by atoms with E-state index in [0.717, 1.165) is 51.5 Å². The molecule has 1 aromatic rings. The van der Waals surface area contributed by atoms with E-state index in [9.17, 15) is 4.79 Å². The molecule has 1 amide bonds. The molecule has 0 saturated heterocycles. The van der Waals surface area contributed by atoms with Crippen molar-refractivity contribution >= 4 is 5.91 Å². The number of amides is 1. The number of hydrogen-bond donors (Lipinski definition) is 1. The van der Waals surface area contributed by atoms with Crippen molar-refractivity contribution in [1.29, 1.82) is 0 Å². The molecule has 0 aromatic heterocycles. The first-order chi connectivity index (χ1) is 15.3. The Labute approximate surface area is 191 Å². The van der Waals surface area contributed by atoms with Crippen LogP contribution in [0, 0.1) is 0 Å². The number of aryl methyl sites for hydroxylation is 1. The first-order valence-electron chi connectivity index (χ1n) is 12.2.